The number of rotatable bonds is 5. The number of anilines is 1. The Bertz CT molecular complexity index is 719. The molecule has 1 heterocycles. The van der Waals surface area contributed by atoms with Gasteiger partial charge in [0.2, 0.25) is 5.91 Å². The Morgan fingerprint density at radius 2 is 1.92 bits per heavy atom. The fraction of sp³-hybridized carbons (Fsp3) is 0.333. The third kappa shape index (κ3) is 3.33. The number of carbonyl (C=O) groups excluding carboxylic acids is 4. The summed E-state index contributed by atoms with van der Waals surface area (Å²) in [5.74, 6) is -2.14. The average molecular weight is 354 g/mol. The van der Waals surface area contributed by atoms with Gasteiger partial charge in [-0.05, 0) is 32.0 Å². The lowest BCUT2D eigenvalue weighted by atomic mass is 10.3. The van der Waals surface area contributed by atoms with Gasteiger partial charge in [0.15, 0.2) is 0 Å². The number of imide groups is 2. The van der Waals surface area contributed by atoms with Gasteiger partial charge in [-0.2, -0.15) is 0 Å². The molecule has 0 radical (unpaired) electrons. The Kier molecular flexibility index (Phi) is 5.08. The van der Waals surface area contributed by atoms with Crippen molar-refractivity contribution in [1.82, 2.24) is 9.80 Å². The molecular weight excluding hydrogens is 338 g/mol. The van der Waals surface area contributed by atoms with Crippen molar-refractivity contribution in [2.24, 2.45) is 0 Å². The maximum absolute atomic E-state index is 12.1. The highest BCUT2D eigenvalue weighted by molar-refractivity contribution is 6.45. The molecule has 0 saturated carbocycles. The maximum Gasteiger partial charge on any atom is 0.334 e. The van der Waals surface area contributed by atoms with Gasteiger partial charge >= 0.3 is 17.8 Å². The van der Waals surface area contributed by atoms with Crippen molar-refractivity contribution >= 4 is 41.0 Å². The van der Waals surface area contributed by atoms with E-state index in [0.29, 0.717) is 21.4 Å². The van der Waals surface area contributed by atoms with Crippen molar-refractivity contribution in [2.75, 3.05) is 19.0 Å². The largest absolute Gasteiger partial charge is 0.495 e. The molecule has 8 nitrogen and oxygen atoms in total. The van der Waals surface area contributed by atoms with E-state index in [0.717, 1.165) is 4.90 Å². The second kappa shape index (κ2) is 6.88. The van der Waals surface area contributed by atoms with Gasteiger partial charge in [0.05, 0.1) is 12.1 Å². The summed E-state index contributed by atoms with van der Waals surface area (Å²) < 4.78 is 5.00. The smallest absolute Gasteiger partial charge is 0.334 e. The fourth-order valence-electron chi connectivity index (χ4n) is 2.21. The topological polar surface area (TPSA) is 96.0 Å². The Labute approximate surface area is 143 Å². The summed E-state index contributed by atoms with van der Waals surface area (Å²) in [6.07, 6.45) is 0. The van der Waals surface area contributed by atoms with E-state index in [4.69, 9.17) is 16.3 Å². The summed E-state index contributed by atoms with van der Waals surface area (Å²) in [4.78, 5) is 49.2. The molecule has 1 aromatic carbocycles. The first-order chi connectivity index (χ1) is 11.3. The second-order valence-electron chi connectivity index (χ2n) is 5.34. The van der Waals surface area contributed by atoms with E-state index in [1.54, 1.807) is 26.0 Å². The van der Waals surface area contributed by atoms with Crippen molar-refractivity contribution in [1.29, 1.82) is 0 Å². The number of methoxy groups -OCH3 is 1. The number of benzene rings is 1. The number of nitrogens with one attached hydrogen (secondary N) is 1. The van der Waals surface area contributed by atoms with E-state index in [2.05, 4.69) is 5.32 Å². The van der Waals surface area contributed by atoms with E-state index < -0.39 is 36.3 Å². The van der Waals surface area contributed by atoms with Gasteiger partial charge in [0.1, 0.15) is 12.3 Å². The average Bonchev–Trinajstić information content (AvgIpc) is 2.71. The lowest BCUT2D eigenvalue weighted by Gasteiger charge is -2.18. The highest BCUT2D eigenvalue weighted by Crippen LogP contribution is 2.27. The molecule has 1 aliphatic rings. The summed E-state index contributed by atoms with van der Waals surface area (Å²) in [5.41, 5.74) is 0.372. The summed E-state index contributed by atoms with van der Waals surface area (Å²) in [6, 6.07) is 3.32. The molecule has 0 aromatic heterocycles. The Balaban J connectivity index is 2.07. The number of hydrogen-bond donors (Lipinski definition) is 1. The summed E-state index contributed by atoms with van der Waals surface area (Å²) in [6.45, 7) is 2.65. The molecular formula is C15H16ClN3O5. The lowest BCUT2D eigenvalue weighted by Crippen LogP contribution is -2.40. The maximum atomic E-state index is 12.1. The highest BCUT2D eigenvalue weighted by Gasteiger charge is 2.46. The lowest BCUT2D eigenvalue weighted by molar-refractivity contribution is -0.144. The molecule has 0 bridgehead atoms. The van der Waals surface area contributed by atoms with Gasteiger partial charge < -0.3 is 10.1 Å². The molecule has 1 aliphatic heterocycles. The van der Waals surface area contributed by atoms with Crippen LogP contribution in [0.4, 0.5) is 10.5 Å². The van der Waals surface area contributed by atoms with Gasteiger partial charge in [-0.15, -0.1) is 0 Å². The number of halogens is 1. The number of nitrogens with zero attached hydrogens (tertiary/aromatic N) is 2. The SMILES string of the molecule is COc1ccc(NC(=O)CN2C(=O)C(=O)N(C(C)C)C2=O)cc1Cl. The third-order valence-electron chi connectivity index (χ3n) is 3.34. The minimum absolute atomic E-state index is 0.296. The van der Waals surface area contributed by atoms with Crippen LogP contribution in [0, 0.1) is 0 Å². The molecule has 9 heteroatoms. The Morgan fingerprint density at radius 3 is 2.42 bits per heavy atom. The molecule has 1 saturated heterocycles. The summed E-state index contributed by atoms with van der Waals surface area (Å²) >= 11 is 5.96. The molecule has 1 fully saturated rings. The van der Waals surface area contributed by atoms with Crippen LogP contribution in [0.15, 0.2) is 18.2 Å². The van der Waals surface area contributed by atoms with Gasteiger partial charge in [0, 0.05) is 11.7 Å². The monoisotopic (exact) mass is 353 g/mol. The predicted octanol–water partition coefficient (Wildman–Crippen LogP) is 1.49. The van der Waals surface area contributed by atoms with E-state index in [-0.39, 0.29) is 0 Å². The van der Waals surface area contributed by atoms with Crippen LogP contribution in [0.5, 0.6) is 5.75 Å². The zero-order chi connectivity index (χ0) is 18.0. The van der Waals surface area contributed by atoms with Gasteiger partial charge in [0.25, 0.3) is 0 Å². The standard InChI is InChI=1S/C15H16ClN3O5/c1-8(2)19-14(22)13(21)18(15(19)23)7-12(20)17-9-4-5-11(24-3)10(16)6-9/h4-6,8H,7H2,1-3H3,(H,17,20). The molecule has 5 amide bonds. The molecule has 0 unspecified atom stereocenters. The molecule has 128 valence electrons. The zero-order valence-corrected chi connectivity index (χ0v) is 14.1. The van der Waals surface area contributed by atoms with Crippen LogP contribution in [0.25, 0.3) is 0 Å². The van der Waals surface area contributed by atoms with Crippen molar-refractivity contribution < 1.29 is 23.9 Å². The molecule has 24 heavy (non-hydrogen) atoms. The predicted molar refractivity (Wildman–Crippen MR) is 85.7 cm³/mol. The van der Waals surface area contributed by atoms with Crippen LogP contribution < -0.4 is 10.1 Å². The molecule has 1 aromatic rings. The molecule has 0 spiro atoms. The first kappa shape index (κ1) is 17.7. The molecule has 0 atom stereocenters. The van der Waals surface area contributed by atoms with Crippen molar-refractivity contribution in [3.8, 4) is 5.75 Å². The van der Waals surface area contributed by atoms with Crippen LogP contribution in [0.1, 0.15) is 13.8 Å². The summed E-state index contributed by atoms with van der Waals surface area (Å²) in [7, 11) is 1.46. The first-order valence-electron chi connectivity index (χ1n) is 7.08. The van der Waals surface area contributed by atoms with Crippen LogP contribution >= 0.6 is 11.6 Å². The van der Waals surface area contributed by atoms with E-state index >= 15 is 0 Å². The molecule has 2 rings (SSSR count). The van der Waals surface area contributed by atoms with E-state index in [1.165, 1.54) is 13.2 Å². The Hall–Kier alpha value is -2.61. The first-order valence-corrected chi connectivity index (χ1v) is 7.46. The zero-order valence-electron chi connectivity index (χ0n) is 13.3. The number of amides is 5. The van der Waals surface area contributed by atoms with Crippen LogP contribution in [-0.2, 0) is 14.4 Å². The summed E-state index contributed by atoms with van der Waals surface area (Å²) in [5, 5.41) is 2.80. The quantitative estimate of drug-likeness (QED) is 0.639. The van der Waals surface area contributed by atoms with Gasteiger partial charge in [-0.25, -0.2) is 9.69 Å². The van der Waals surface area contributed by atoms with Crippen LogP contribution in [0.2, 0.25) is 5.02 Å². The number of urea groups is 1. The van der Waals surface area contributed by atoms with Crippen molar-refractivity contribution in [2.45, 2.75) is 19.9 Å². The number of hydrogen-bond acceptors (Lipinski definition) is 5. The van der Waals surface area contributed by atoms with Crippen LogP contribution in [-0.4, -0.2) is 53.2 Å². The normalized spacial score (nSPS) is 14.6. The minimum Gasteiger partial charge on any atom is -0.495 e. The number of ether oxygens (including phenoxy) is 1. The highest BCUT2D eigenvalue weighted by atomic mass is 35.5. The minimum atomic E-state index is -1.02. The van der Waals surface area contributed by atoms with Crippen molar-refractivity contribution in [3.63, 3.8) is 0 Å². The van der Waals surface area contributed by atoms with Crippen molar-refractivity contribution in [3.05, 3.63) is 23.2 Å². The third-order valence-corrected chi connectivity index (χ3v) is 3.63. The van der Waals surface area contributed by atoms with Gasteiger partial charge in [-0.1, -0.05) is 11.6 Å². The van der Waals surface area contributed by atoms with E-state index in [1.807, 2.05) is 0 Å². The fourth-order valence-corrected chi connectivity index (χ4v) is 2.46. The number of carbonyl (C=O) groups is 4. The molecule has 1 N–H and O–H groups in total. The van der Waals surface area contributed by atoms with E-state index in [9.17, 15) is 19.2 Å². The van der Waals surface area contributed by atoms with Gasteiger partial charge in [-0.3, -0.25) is 19.3 Å². The second-order valence-corrected chi connectivity index (χ2v) is 5.75. The molecule has 0 aliphatic carbocycles. The Morgan fingerprint density at radius 1 is 1.25 bits per heavy atom. The van der Waals surface area contributed by atoms with Crippen LogP contribution in [0.3, 0.4) is 0 Å².